The van der Waals surface area contributed by atoms with Crippen molar-refractivity contribution in [1.82, 2.24) is 10.4 Å². The van der Waals surface area contributed by atoms with Gasteiger partial charge in [0.25, 0.3) is 5.91 Å². The molecule has 1 heterocycles. The van der Waals surface area contributed by atoms with Crippen LogP contribution < -0.4 is 5.43 Å². The van der Waals surface area contributed by atoms with Crippen molar-refractivity contribution in [1.29, 1.82) is 0 Å². The molecule has 2 aromatic carbocycles. The lowest BCUT2D eigenvalue weighted by Crippen LogP contribution is -2.18. The number of aromatic nitrogens is 1. The molecule has 1 aromatic heterocycles. The van der Waals surface area contributed by atoms with Gasteiger partial charge in [0.2, 0.25) is 0 Å². The van der Waals surface area contributed by atoms with E-state index in [0.29, 0.717) is 11.1 Å². The lowest BCUT2D eigenvalue weighted by atomic mass is 10.1. The van der Waals surface area contributed by atoms with Crippen LogP contribution in [-0.2, 0) is 0 Å². The van der Waals surface area contributed by atoms with E-state index in [2.05, 4.69) is 15.5 Å². The third kappa shape index (κ3) is 3.69. The fraction of sp³-hybridized carbons (Fsp3) is 0.0526. The predicted molar refractivity (Wildman–Crippen MR) is 94.9 cm³/mol. The molecular weight excluding hydrogens is 318 g/mol. The Bertz CT molecular complexity index is 979. The van der Waals surface area contributed by atoms with Crippen LogP contribution in [-0.4, -0.2) is 28.2 Å². The molecule has 25 heavy (non-hydrogen) atoms. The maximum absolute atomic E-state index is 12.4. The van der Waals surface area contributed by atoms with Crippen LogP contribution in [0.5, 0.6) is 0 Å². The molecule has 0 aliphatic heterocycles. The van der Waals surface area contributed by atoms with Gasteiger partial charge in [0.1, 0.15) is 0 Å². The Hall–Kier alpha value is -3.54. The van der Waals surface area contributed by atoms with Gasteiger partial charge in [-0.1, -0.05) is 30.3 Å². The van der Waals surface area contributed by atoms with Gasteiger partial charge >= 0.3 is 5.97 Å². The van der Waals surface area contributed by atoms with Crippen LogP contribution in [0.1, 0.15) is 32.0 Å². The standard InChI is InChI=1S/C19H15N3O3/c1-12-10-16(15-4-2-3-5-17(15)21-12)18(23)22-20-11-13-6-8-14(9-7-13)19(24)25/h2-11H,1H3,(H,22,23)(H,24,25). The van der Waals surface area contributed by atoms with Crippen molar-refractivity contribution in [3.63, 3.8) is 0 Å². The second-order valence-corrected chi connectivity index (χ2v) is 5.45. The molecule has 6 nitrogen and oxygen atoms in total. The van der Waals surface area contributed by atoms with Crippen molar-refractivity contribution in [2.45, 2.75) is 6.92 Å². The molecule has 0 atom stereocenters. The van der Waals surface area contributed by atoms with Crippen LogP contribution in [0.2, 0.25) is 0 Å². The summed E-state index contributed by atoms with van der Waals surface area (Å²) < 4.78 is 0. The van der Waals surface area contributed by atoms with Crippen LogP contribution in [0.3, 0.4) is 0 Å². The van der Waals surface area contributed by atoms with E-state index in [9.17, 15) is 9.59 Å². The Morgan fingerprint density at radius 3 is 2.56 bits per heavy atom. The topological polar surface area (TPSA) is 91.7 Å². The molecule has 3 rings (SSSR count). The lowest BCUT2D eigenvalue weighted by molar-refractivity contribution is 0.0696. The number of nitrogens with one attached hydrogen (secondary N) is 1. The summed E-state index contributed by atoms with van der Waals surface area (Å²) >= 11 is 0. The highest BCUT2D eigenvalue weighted by Gasteiger charge is 2.11. The van der Waals surface area contributed by atoms with Crippen molar-refractivity contribution in [3.8, 4) is 0 Å². The number of aromatic carboxylic acids is 1. The average Bonchev–Trinajstić information content (AvgIpc) is 2.61. The molecular formula is C19H15N3O3. The maximum atomic E-state index is 12.4. The average molecular weight is 333 g/mol. The van der Waals surface area contributed by atoms with Gasteiger partial charge in [-0.05, 0) is 36.8 Å². The second-order valence-electron chi connectivity index (χ2n) is 5.45. The third-order valence-corrected chi connectivity index (χ3v) is 3.63. The molecule has 6 heteroatoms. The highest BCUT2D eigenvalue weighted by molar-refractivity contribution is 6.06. The van der Waals surface area contributed by atoms with E-state index in [1.165, 1.54) is 18.3 Å². The summed E-state index contributed by atoms with van der Waals surface area (Å²) in [6, 6.07) is 15.3. The van der Waals surface area contributed by atoms with Crippen LogP contribution in [0, 0.1) is 6.92 Å². The minimum absolute atomic E-state index is 0.194. The molecule has 0 fully saturated rings. The summed E-state index contributed by atoms with van der Waals surface area (Å²) in [5, 5.41) is 13.6. The van der Waals surface area contributed by atoms with Crippen LogP contribution in [0.25, 0.3) is 10.9 Å². The Balaban J connectivity index is 1.78. The number of rotatable bonds is 4. The number of carboxylic acid groups (broad SMARTS) is 1. The van der Waals surface area contributed by atoms with E-state index >= 15 is 0 Å². The first-order valence-electron chi connectivity index (χ1n) is 7.58. The van der Waals surface area contributed by atoms with Crippen LogP contribution in [0.4, 0.5) is 0 Å². The van der Waals surface area contributed by atoms with E-state index in [1.807, 2.05) is 31.2 Å². The molecule has 0 radical (unpaired) electrons. The molecule has 3 aromatic rings. The molecule has 0 aliphatic carbocycles. The van der Waals surface area contributed by atoms with Crippen molar-refractivity contribution in [2.24, 2.45) is 5.10 Å². The number of aryl methyl sites for hydroxylation is 1. The van der Waals surface area contributed by atoms with Gasteiger partial charge in [0, 0.05) is 11.1 Å². The Kier molecular flexibility index (Phi) is 4.52. The first-order valence-corrected chi connectivity index (χ1v) is 7.58. The molecule has 1 amide bonds. The van der Waals surface area contributed by atoms with Crippen molar-refractivity contribution < 1.29 is 14.7 Å². The summed E-state index contributed by atoms with van der Waals surface area (Å²) in [4.78, 5) is 27.6. The quantitative estimate of drug-likeness (QED) is 0.567. The fourth-order valence-electron chi connectivity index (χ4n) is 2.43. The first-order chi connectivity index (χ1) is 12.0. The summed E-state index contributed by atoms with van der Waals surface area (Å²) in [7, 11) is 0. The summed E-state index contributed by atoms with van der Waals surface area (Å²) in [6.07, 6.45) is 1.46. The number of carboxylic acids is 1. The zero-order valence-electron chi connectivity index (χ0n) is 13.4. The van der Waals surface area contributed by atoms with Crippen LogP contribution in [0.15, 0.2) is 59.7 Å². The normalized spacial score (nSPS) is 10.9. The number of para-hydroxylation sites is 1. The van der Waals surface area contributed by atoms with Gasteiger partial charge in [-0.15, -0.1) is 0 Å². The monoisotopic (exact) mass is 333 g/mol. The van der Waals surface area contributed by atoms with E-state index in [4.69, 9.17) is 5.11 Å². The van der Waals surface area contributed by atoms with Crippen molar-refractivity contribution in [2.75, 3.05) is 0 Å². The second kappa shape index (κ2) is 6.92. The van der Waals surface area contributed by atoms with Gasteiger partial charge in [-0.25, -0.2) is 10.2 Å². The molecule has 0 saturated carbocycles. The Morgan fingerprint density at radius 1 is 1.12 bits per heavy atom. The number of nitrogens with zero attached hydrogens (tertiary/aromatic N) is 2. The van der Waals surface area contributed by atoms with Gasteiger partial charge in [-0.2, -0.15) is 5.10 Å². The molecule has 0 spiro atoms. The highest BCUT2D eigenvalue weighted by atomic mass is 16.4. The van der Waals surface area contributed by atoms with Gasteiger partial charge in [0.05, 0.1) is 22.9 Å². The molecule has 0 aliphatic rings. The third-order valence-electron chi connectivity index (χ3n) is 3.63. The van der Waals surface area contributed by atoms with E-state index in [-0.39, 0.29) is 11.5 Å². The molecule has 2 N–H and O–H groups in total. The Morgan fingerprint density at radius 2 is 1.84 bits per heavy atom. The number of carbonyl (C=O) groups is 2. The van der Waals surface area contributed by atoms with Gasteiger partial charge < -0.3 is 5.11 Å². The number of carbonyl (C=O) groups excluding carboxylic acids is 1. The molecule has 124 valence electrons. The summed E-state index contributed by atoms with van der Waals surface area (Å²) in [6.45, 7) is 1.83. The number of pyridine rings is 1. The number of benzene rings is 2. The van der Waals surface area contributed by atoms with Crippen molar-refractivity contribution in [3.05, 3.63) is 77.0 Å². The van der Waals surface area contributed by atoms with E-state index < -0.39 is 5.97 Å². The molecule has 0 saturated heterocycles. The van der Waals surface area contributed by atoms with Gasteiger partial charge in [0.15, 0.2) is 0 Å². The number of hydrazone groups is 1. The number of amides is 1. The predicted octanol–water partition coefficient (Wildman–Crippen LogP) is 3.01. The first kappa shape index (κ1) is 16.3. The van der Waals surface area contributed by atoms with Crippen LogP contribution >= 0.6 is 0 Å². The SMILES string of the molecule is Cc1cc(C(=O)NN=Cc2ccc(C(=O)O)cc2)c2ccccc2n1. The molecule has 0 unspecified atom stereocenters. The summed E-state index contributed by atoms with van der Waals surface area (Å²) in [5.74, 6) is -1.32. The zero-order valence-corrected chi connectivity index (χ0v) is 13.4. The van der Waals surface area contributed by atoms with Gasteiger partial charge in [-0.3, -0.25) is 9.78 Å². The number of hydrogen-bond acceptors (Lipinski definition) is 4. The summed E-state index contributed by atoms with van der Waals surface area (Å²) in [5.41, 5.74) is 5.37. The zero-order chi connectivity index (χ0) is 17.8. The number of fused-ring (bicyclic) bond motifs is 1. The van der Waals surface area contributed by atoms with E-state index in [0.717, 1.165) is 16.6 Å². The highest BCUT2D eigenvalue weighted by Crippen LogP contribution is 2.18. The lowest BCUT2D eigenvalue weighted by Gasteiger charge is -2.06. The molecule has 0 bridgehead atoms. The van der Waals surface area contributed by atoms with E-state index in [1.54, 1.807) is 18.2 Å². The van der Waals surface area contributed by atoms with Crippen molar-refractivity contribution >= 4 is 29.0 Å². The smallest absolute Gasteiger partial charge is 0.335 e. The largest absolute Gasteiger partial charge is 0.478 e. The maximum Gasteiger partial charge on any atom is 0.335 e. The minimum atomic E-state index is -0.989. The Labute approximate surface area is 143 Å². The minimum Gasteiger partial charge on any atom is -0.478 e. The number of hydrogen-bond donors (Lipinski definition) is 2. The fourth-order valence-corrected chi connectivity index (χ4v) is 2.43.